The van der Waals surface area contributed by atoms with Crippen LogP contribution in [-0.4, -0.2) is 39.3 Å². The largest absolute Gasteiger partial charge is 0.376 e. The van der Waals surface area contributed by atoms with Gasteiger partial charge < -0.3 is 14.6 Å². The Hall–Kier alpha value is -2.93. The molecule has 1 atom stereocenters. The van der Waals surface area contributed by atoms with Gasteiger partial charge in [-0.15, -0.1) is 0 Å². The van der Waals surface area contributed by atoms with Crippen molar-refractivity contribution in [3.05, 3.63) is 69.4 Å². The fourth-order valence-corrected chi connectivity index (χ4v) is 4.45. The van der Waals surface area contributed by atoms with Crippen LogP contribution in [0.4, 0.5) is 0 Å². The van der Waals surface area contributed by atoms with Gasteiger partial charge in [-0.3, -0.25) is 9.59 Å². The molecule has 1 amide bonds. The predicted octanol–water partition coefficient (Wildman–Crippen LogP) is 2.33. The quantitative estimate of drug-likeness (QED) is 0.706. The molecule has 2 aliphatic rings. The summed E-state index contributed by atoms with van der Waals surface area (Å²) in [6.45, 7) is 1.79. The third kappa shape index (κ3) is 3.65. The summed E-state index contributed by atoms with van der Waals surface area (Å²) < 4.78 is 9.00. The molecular formula is C23H26N4O3. The van der Waals surface area contributed by atoms with Gasteiger partial charge in [-0.25, -0.2) is 4.52 Å². The maximum Gasteiger partial charge on any atom is 0.277 e. The highest BCUT2D eigenvalue weighted by atomic mass is 16.5. The topological polar surface area (TPSA) is 77.6 Å². The molecule has 7 heteroatoms. The highest BCUT2D eigenvalue weighted by Crippen LogP contribution is 2.22. The fraction of sp³-hybridized carbons (Fsp3) is 0.435. The number of nitrogens with one attached hydrogen (secondary N) is 1. The molecule has 0 spiro atoms. The molecule has 156 valence electrons. The Labute approximate surface area is 174 Å². The summed E-state index contributed by atoms with van der Waals surface area (Å²) in [7, 11) is 0. The molecule has 1 saturated heterocycles. The van der Waals surface area contributed by atoms with Crippen LogP contribution in [0.5, 0.6) is 0 Å². The van der Waals surface area contributed by atoms with Gasteiger partial charge in [-0.2, -0.15) is 5.10 Å². The summed E-state index contributed by atoms with van der Waals surface area (Å²) in [5, 5.41) is 7.53. The van der Waals surface area contributed by atoms with E-state index >= 15 is 0 Å². The molecule has 0 saturated carbocycles. The molecule has 1 aromatic carbocycles. The first kappa shape index (κ1) is 19.1. The van der Waals surface area contributed by atoms with Crippen molar-refractivity contribution in [2.75, 3.05) is 13.2 Å². The van der Waals surface area contributed by atoms with Gasteiger partial charge in [-0.1, -0.05) is 12.1 Å². The molecule has 7 nitrogen and oxygen atoms in total. The van der Waals surface area contributed by atoms with Crippen molar-refractivity contribution in [2.24, 2.45) is 0 Å². The van der Waals surface area contributed by atoms with Crippen LogP contribution in [0, 0.1) is 0 Å². The monoisotopic (exact) mass is 406 g/mol. The van der Waals surface area contributed by atoms with E-state index in [4.69, 9.17) is 4.74 Å². The van der Waals surface area contributed by atoms with Gasteiger partial charge >= 0.3 is 0 Å². The predicted molar refractivity (Wildman–Crippen MR) is 113 cm³/mol. The van der Waals surface area contributed by atoms with Crippen molar-refractivity contribution in [3.8, 4) is 0 Å². The SMILES string of the molecule is O=C(NCC1CCCO1)c1ccc(Cn2ccn3nc4c(c3c2=O)CCCC4)cc1. The number of benzene rings is 1. The maximum atomic E-state index is 13.1. The molecule has 30 heavy (non-hydrogen) atoms. The van der Waals surface area contributed by atoms with Gasteiger partial charge in [0.05, 0.1) is 18.3 Å². The minimum Gasteiger partial charge on any atom is -0.376 e. The van der Waals surface area contributed by atoms with Gasteiger partial charge in [-0.05, 0) is 56.2 Å². The molecule has 1 fully saturated rings. The van der Waals surface area contributed by atoms with E-state index in [0.717, 1.165) is 62.0 Å². The average molecular weight is 406 g/mol. The van der Waals surface area contributed by atoms with Crippen molar-refractivity contribution in [1.29, 1.82) is 0 Å². The first-order valence-electron chi connectivity index (χ1n) is 10.8. The van der Waals surface area contributed by atoms with E-state index in [9.17, 15) is 9.59 Å². The Bertz CT molecular complexity index is 1120. The van der Waals surface area contributed by atoms with Gasteiger partial charge in [0, 0.05) is 36.7 Å². The van der Waals surface area contributed by atoms with E-state index in [1.54, 1.807) is 15.3 Å². The third-order valence-electron chi connectivity index (χ3n) is 6.12. The number of hydrogen-bond donors (Lipinski definition) is 1. The van der Waals surface area contributed by atoms with E-state index in [1.165, 1.54) is 0 Å². The molecule has 2 aromatic heterocycles. The van der Waals surface area contributed by atoms with Gasteiger partial charge in [0.15, 0.2) is 0 Å². The number of fused-ring (bicyclic) bond motifs is 3. The number of ether oxygens (including phenoxy) is 1. The second-order valence-corrected chi connectivity index (χ2v) is 8.20. The molecule has 0 bridgehead atoms. The Morgan fingerprint density at radius 1 is 1.13 bits per heavy atom. The number of carbonyl (C=O) groups is 1. The second-order valence-electron chi connectivity index (χ2n) is 8.20. The lowest BCUT2D eigenvalue weighted by Gasteiger charge is -2.11. The molecular weight excluding hydrogens is 380 g/mol. The van der Waals surface area contributed by atoms with Crippen LogP contribution in [0.2, 0.25) is 0 Å². The summed E-state index contributed by atoms with van der Waals surface area (Å²) in [5.41, 5.74) is 4.46. The van der Waals surface area contributed by atoms with Crippen LogP contribution in [0.3, 0.4) is 0 Å². The van der Waals surface area contributed by atoms with Gasteiger partial charge in [0.25, 0.3) is 11.5 Å². The second kappa shape index (κ2) is 8.07. The van der Waals surface area contributed by atoms with Crippen molar-refractivity contribution in [2.45, 2.75) is 51.2 Å². The highest BCUT2D eigenvalue weighted by molar-refractivity contribution is 5.94. The number of aromatic nitrogens is 3. The minimum absolute atomic E-state index is 0.00784. The lowest BCUT2D eigenvalue weighted by molar-refractivity contribution is 0.0858. The van der Waals surface area contributed by atoms with Gasteiger partial charge in [0.2, 0.25) is 0 Å². The first-order valence-corrected chi connectivity index (χ1v) is 10.8. The number of nitrogens with zero attached hydrogens (tertiary/aromatic N) is 3. The molecule has 1 unspecified atom stereocenters. The highest BCUT2D eigenvalue weighted by Gasteiger charge is 2.20. The van der Waals surface area contributed by atoms with Crippen molar-refractivity contribution >= 4 is 11.4 Å². The fourth-order valence-electron chi connectivity index (χ4n) is 4.45. The number of carbonyl (C=O) groups excluding carboxylic acids is 1. The number of amides is 1. The number of aryl methyl sites for hydroxylation is 2. The molecule has 3 heterocycles. The van der Waals surface area contributed by atoms with E-state index in [-0.39, 0.29) is 17.6 Å². The third-order valence-corrected chi connectivity index (χ3v) is 6.12. The summed E-state index contributed by atoms with van der Waals surface area (Å²) in [6, 6.07) is 7.43. The summed E-state index contributed by atoms with van der Waals surface area (Å²) in [5.74, 6) is -0.0958. The van der Waals surface area contributed by atoms with Crippen LogP contribution in [0.25, 0.3) is 5.52 Å². The smallest absolute Gasteiger partial charge is 0.277 e. The maximum absolute atomic E-state index is 13.1. The number of hydrogen-bond acceptors (Lipinski definition) is 4. The standard InChI is InChI=1S/C23H26N4O3/c28-22(24-14-18-4-3-13-30-18)17-9-7-16(8-10-17)15-26-11-12-27-21(23(26)29)19-5-1-2-6-20(19)25-27/h7-12,18H,1-6,13-15H2,(H,24,28). The van der Waals surface area contributed by atoms with E-state index in [1.807, 2.05) is 30.5 Å². The molecule has 1 N–H and O–H groups in total. The molecule has 3 aromatic rings. The Kier molecular flexibility index (Phi) is 5.12. The molecule has 5 rings (SSSR count). The zero-order valence-electron chi connectivity index (χ0n) is 17.0. The van der Waals surface area contributed by atoms with E-state index in [2.05, 4.69) is 10.4 Å². The van der Waals surface area contributed by atoms with Crippen LogP contribution < -0.4 is 10.9 Å². The van der Waals surface area contributed by atoms with Crippen molar-refractivity contribution < 1.29 is 9.53 Å². The zero-order valence-corrected chi connectivity index (χ0v) is 17.0. The van der Waals surface area contributed by atoms with Gasteiger partial charge in [0.1, 0.15) is 5.52 Å². The van der Waals surface area contributed by atoms with E-state index < -0.39 is 0 Å². The summed E-state index contributed by atoms with van der Waals surface area (Å²) >= 11 is 0. The summed E-state index contributed by atoms with van der Waals surface area (Å²) in [4.78, 5) is 25.4. The first-order chi connectivity index (χ1) is 14.7. The Morgan fingerprint density at radius 3 is 2.77 bits per heavy atom. The normalized spacial score (nSPS) is 18.5. The van der Waals surface area contributed by atoms with Crippen LogP contribution in [0.1, 0.15) is 52.9 Å². The van der Waals surface area contributed by atoms with Crippen LogP contribution in [0.15, 0.2) is 41.5 Å². The zero-order chi connectivity index (χ0) is 20.5. The molecule has 1 aliphatic heterocycles. The molecule has 0 radical (unpaired) electrons. The van der Waals surface area contributed by atoms with E-state index in [0.29, 0.717) is 24.2 Å². The Balaban J connectivity index is 1.31. The minimum atomic E-state index is -0.0958. The lowest BCUT2D eigenvalue weighted by atomic mass is 9.97. The molecule has 1 aliphatic carbocycles. The van der Waals surface area contributed by atoms with Crippen LogP contribution >= 0.6 is 0 Å². The summed E-state index contributed by atoms with van der Waals surface area (Å²) in [6.07, 6.45) is 9.96. The lowest BCUT2D eigenvalue weighted by Crippen LogP contribution is -2.31. The van der Waals surface area contributed by atoms with Crippen molar-refractivity contribution in [1.82, 2.24) is 19.5 Å². The van der Waals surface area contributed by atoms with Crippen LogP contribution in [-0.2, 0) is 24.1 Å². The number of rotatable bonds is 5. The Morgan fingerprint density at radius 2 is 1.97 bits per heavy atom. The van der Waals surface area contributed by atoms with Crippen molar-refractivity contribution in [3.63, 3.8) is 0 Å². The average Bonchev–Trinajstić information content (AvgIpc) is 3.42.